The first-order valence-electron chi connectivity index (χ1n) is 10.4. The fourth-order valence-corrected chi connectivity index (χ4v) is 5.68. The summed E-state index contributed by atoms with van der Waals surface area (Å²) in [6.45, 7) is 7.07. The van der Waals surface area contributed by atoms with Crippen molar-refractivity contribution in [2.45, 2.75) is 52.9 Å². The Bertz CT molecular complexity index is 982. The summed E-state index contributed by atoms with van der Waals surface area (Å²) in [5, 5.41) is 4.44. The van der Waals surface area contributed by atoms with Gasteiger partial charge in [0.15, 0.2) is 0 Å². The number of hydrogen-bond donors (Lipinski definition) is 2. The van der Waals surface area contributed by atoms with Crippen LogP contribution in [0.25, 0.3) is 0 Å². The largest absolute Gasteiger partial charge is 0.492 e. The van der Waals surface area contributed by atoms with E-state index in [1.807, 2.05) is 0 Å². The van der Waals surface area contributed by atoms with Crippen molar-refractivity contribution in [1.82, 2.24) is 0 Å². The molecule has 168 valence electrons. The van der Waals surface area contributed by atoms with Crippen LogP contribution >= 0.6 is 34.5 Å². The average molecular weight is 483 g/mol. The number of fused-ring (bicyclic) bond motifs is 1. The van der Waals surface area contributed by atoms with Gasteiger partial charge in [0, 0.05) is 16.3 Å². The second-order valence-electron chi connectivity index (χ2n) is 8.95. The number of ether oxygens (including phenoxy) is 1. The first-order chi connectivity index (χ1) is 14.6. The third-order valence-electron chi connectivity index (χ3n) is 5.69. The molecule has 8 heteroatoms. The minimum absolute atomic E-state index is 0.167. The van der Waals surface area contributed by atoms with Gasteiger partial charge in [-0.1, -0.05) is 44.0 Å². The van der Waals surface area contributed by atoms with Crippen LogP contribution < -0.4 is 15.8 Å². The zero-order chi connectivity index (χ0) is 22.8. The highest BCUT2D eigenvalue weighted by Crippen LogP contribution is 2.44. The SMILES string of the molecule is CC(C)(C)[C@H]1CCc2c(sc(NC(=O)CCCOc3ccc(Cl)cc3Cl)c2C(N)=O)C1. The highest BCUT2D eigenvalue weighted by Gasteiger charge is 2.33. The molecule has 3 rings (SSSR count). The van der Waals surface area contributed by atoms with Gasteiger partial charge in [-0.05, 0) is 60.8 Å². The third-order valence-corrected chi connectivity index (χ3v) is 7.39. The maximum absolute atomic E-state index is 12.5. The number of carbonyl (C=O) groups excluding carboxylic acids is 2. The molecule has 1 aromatic heterocycles. The molecular formula is C23H28Cl2N2O3S. The fraction of sp³-hybridized carbons (Fsp3) is 0.478. The van der Waals surface area contributed by atoms with Crippen LogP contribution in [0.3, 0.4) is 0 Å². The molecule has 1 atom stereocenters. The lowest BCUT2D eigenvalue weighted by Gasteiger charge is -2.33. The van der Waals surface area contributed by atoms with Crippen molar-refractivity contribution < 1.29 is 14.3 Å². The molecule has 0 saturated heterocycles. The Morgan fingerprint density at radius 3 is 2.68 bits per heavy atom. The molecule has 0 bridgehead atoms. The quantitative estimate of drug-likeness (QED) is 0.467. The van der Waals surface area contributed by atoms with Crippen molar-refractivity contribution in [2.24, 2.45) is 17.1 Å². The third kappa shape index (κ3) is 5.93. The number of rotatable bonds is 7. The van der Waals surface area contributed by atoms with Crippen LogP contribution in [0.2, 0.25) is 10.0 Å². The topological polar surface area (TPSA) is 81.4 Å². The van der Waals surface area contributed by atoms with Gasteiger partial charge in [-0.3, -0.25) is 9.59 Å². The number of halogens is 2. The Labute approximate surface area is 197 Å². The van der Waals surface area contributed by atoms with Crippen LogP contribution in [0.4, 0.5) is 5.00 Å². The molecule has 0 radical (unpaired) electrons. The molecule has 0 fully saturated rings. The number of nitrogens with one attached hydrogen (secondary N) is 1. The lowest BCUT2D eigenvalue weighted by molar-refractivity contribution is -0.116. The number of primary amides is 1. The van der Waals surface area contributed by atoms with Gasteiger partial charge in [-0.15, -0.1) is 11.3 Å². The Morgan fingerprint density at radius 1 is 1.29 bits per heavy atom. The highest BCUT2D eigenvalue weighted by molar-refractivity contribution is 7.17. The predicted octanol–water partition coefficient (Wildman–Crippen LogP) is 6.10. The monoisotopic (exact) mass is 482 g/mol. The molecule has 0 aliphatic heterocycles. The summed E-state index contributed by atoms with van der Waals surface area (Å²) in [4.78, 5) is 25.8. The number of amides is 2. The molecule has 31 heavy (non-hydrogen) atoms. The molecule has 5 nitrogen and oxygen atoms in total. The molecule has 2 aromatic rings. The summed E-state index contributed by atoms with van der Waals surface area (Å²) in [6.07, 6.45) is 3.52. The van der Waals surface area contributed by atoms with E-state index in [9.17, 15) is 9.59 Å². The molecule has 2 amide bonds. The van der Waals surface area contributed by atoms with E-state index in [1.165, 1.54) is 11.3 Å². The summed E-state index contributed by atoms with van der Waals surface area (Å²) in [7, 11) is 0. The lowest BCUT2D eigenvalue weighted by atomic mass is 9.72. The van der Waals surface area contributed by atoms with Gasteiger partial charge in [0.1, 0.15) is 10.8 Å². The summed E-state index contributed by atoms with van der Waals surface area (Å²) in [6, 6.07) is 5.01. The minimum Gasteiger partial charge on any atom is -0.492 e. The van der Waals surface area contributed by atoms with Crippen molar-refractivity contribution in [3.05, 3.63) is 44.2 Å². The van der Waals surface area contributed by atoms with Crippen molar-refractivity contribution in [3.63, 3.8) is 0 Å². The average Bonchev–Trinajstić information content (AvgIpc) is 3.03. The van der Waals surface area contributed by atoms with Crippen LogP contribution in [0.5, 0.6) is 5.75 Å². The molecule has 1 aliphatic rings. The molecule has 1 aromatic carbocycles. The van der Waals surface area contributed by atoms with Crippen molar-refractivity contribution in [1.29, 1.82) is 0 Å². The summed E-state index contributed by atoms with van der Waals surface area (Å²) >= 11 is 13.4. The summed E-state index contributed by atoms with van der Waals surface area (Å²) < 4.78 is 5.62. The lowest BCUT2D eigenvalue weighted by Crippen LogP contribution is -2.27. The Balaban J connectivity index is 1.59. The Kier molecular flexibility index (Phi) is 7.55. The van der Waals surface area contributed by atoms with Crippen LogP contribution in [-0.4, -0.2) is 18.4 Å². The maximum Gasteiger partial charge on any atom is 0.251 e. The van der Waals surface area contributed by atoms with Gasteiger partial charge in [0.05, 0.1) is 17.2 Å². The van der Waals surface area contributed by atoms with Gasteiger partial charge >= 0.3 is 0 Å². The van der Waals surface area contributed by atoms with Gasteiger partial charge < -0.3 is 15.8 Å². The second kappa shape index (κ2) is 9.80. The Morgan fingerprint density at radius 2 is 2.03 bits per heavy atom. The van der Waals surface area contributed by atoms with E-state index in [4.69, 9.17) is 33.7 Å². The van der Waals surface area contributed by atoms with Crippen LogP contribution in [0, 0.1) is 11.3 Å². The van der Waals surface area contributed by atoms with Crippen molar-refractivity contribution in [3.8, 4) is 5.75 Å². The standard InChI is InChI=1S/C23H28Cl2N2O3S/c1-23(2,3)13-6-8-15-18(11-13)31-22(20(15)21(26)29)27-19(28)5-4-10-30-17-9-7-14(24)12-16(17)25/h7,9,12-13H,4-6,8,10-11H2,1-3H3,(H2,26,29)(H,27,28)/t13-/m0/s1. The van der Waals surface area contributed by atoms with Gasteiger partial charge in [-0.2, -0.15) is 0 Å². The zero-order valence-electron chi connectivity index (χ0n) is 18.0. The summed E-state index contributed by atoms with van der Waals surface area (Å²) in [5.74, 6) is 0.420. The molecule has 0 spiro atoms. The predicted molar refractivity (Wildman–Crippen MR) is 128 cm³/mol. The Hall–Kier alpha value is -1.76. The fourth-order valence-electron chi connectivity index (χ4n) is 3.87. The number of anilines is 1. The second-order valence-corrected chi connectivity index (χ2v) is 10.9. The number of carbonyl (C=O) groups is 2. The van der Waals surface area contributed by atoms with Crippen LogP contribution in [0.1, 0.15) is 60.8 Å². The van der Waals surface area contributed by atoms with E-state index in [2.05, 4.69) is 26.1 Å². The first-order valence-corrected chi connectivity index (χ1v) is 12.0. The van der Waals surface area contributed by atoms with Crippen molar-refractivity contribution in [2.75, 3.05) is 11.9 Å². The molecule has 1 heterocycles. The van der Waals surface area contributed by atoms with Gasteiger partial charge in [-0.25, -0.2) is 0 Å². The number of thiophene rings is 1. The smallest absolute Gasteiger partial charge is 0.251 e. The summed E-state index contributed by atoms with van der Waals surface area (Å²) in [5.41, 5.74) is 7.35. The van der Waals surface area contributed by atoms with E-state index >= 15 is 0 Å². The highest BCUT2D eigenvalue weighted by atomic mass is 35.5. The van der Waals surface area contributed by atoms with Gasteiger partial charge in [0.25, 0.3) is 5.91 Å². The number of benzene rings is 1. The van der Waals surface area contributed by atoms with Crippen LogP contribution in [-0.2, 0) is 17.6 Å². The minimum atomic E-state index is -0.484. The molecular weight excluding hydrogens is 455 g/mol. The van der Waals surface area contributed by atoms with Gasteiger partial charge in [0.2, 0.25) is 5.91 Å². The maximum atomic E-state index is 12.5. The normalized spacial score (nSPS) is 16.0. The number of nitrogens with two attached hydrogens (primary N) is 1. The van der Waals surface area contributed by atoms with E-state index < -0.39 is 5.91 Å². The number of hydrogen-bond acceptors (Lipinski definition) is 4. The van der Waals surface area contributed by atoms with E-state index in [1.54, 1.807) is 18.2 Å². The molecule has 0 unspecified atom stereocenters. The molecule has 0 saturated carbocycles. The first kappa shape index (κ1) is 23.9. The molecule has 3 N–H and O–H groups in total. The zero-order valence-corrected chi connectivity index (χ0v) is 20.3. The van der Waals surface area contributed by atoms with E-state index in [0.717, 1.165) is 29.7 Å². The van der Waals surface area contributed by atoms with E-state index in [0.29, 0.717) is 45.3 Å². The van der Waals surface area contributed by atoms with E-state index in [-0.39, 0.29) is 17.7 Å². The molecule has 1 aliphatic carbocycles. The van der Waals surface area contributed by atoms with Crippen LogP contribution in [0.15, 0.2) is 18.2 Å². The van der Waals surface area contributed by atoms with Crippen molar-refractivity contribution >= 4 is 51.4 Å².